The van der Waals surface area contributed by atoms with E-state index in [0.717, 1.165) is 23.8 Å². The molecule has 124 valence electrons. The number of amides is 1. The summed E-state index contributed by atoms with van der Waals surface area (Å²) >= 11 is 0. The van der Waals surface area contributed by atoms with E-state index < -0.39 is 12.1 Å². The van der Waals surface area contributed by atoms with Gasteiger partial charge in [-0.2, -0.15) is 0 Å². The maximum absolute atomic E-state index is 11.3. The standard InChI is InChI=1S/C14H19N5O4/c1-10(20)17-6-8-18(9-7-17)11-2-4-12(5-3-11)19(13(15)16)23-14(21)22/h2-5H,6-9H2,1H3,(H3,15,16)(H,21,22). The minimum atomic E-state index is -1.55. The van der Waals surface area contributed by atoms with Crippen molar-refractivity contribution >= 4 is 29.4 Å². The van der Waals surface area contributed by atoms with Gasteiger partial charge in [0, 0.05) is 38.8 Å². The lowest BCUT2D eigenvalue weighted by Gasteiger charge is -2.35. The lowest BCUT2D eigenvalue weighted by Crippen LogP contribution is -2.48. The summed E-state index contributed by atoms with van der Waals surface area (Å²) in [4.78, 5) is 30.3. The number of piperazine rings is 1. The predicted molar refractivity (Wildman–Crippen MR) is 84.4 cm³/mol. The summed E-state index contributed by atoms with van der Waals surface area (Å²) in [5.41, 5.74) is 6.59. The van der Waals surface area contributed by atoms with Gasteiger partial charge in [-0.1, -0.05) is 0 Å². The van der Waals surface area contributed by atoms with Crippen LogP contribution in [0.15, 0.2) is 24.3 Å². The van der Waals surface area contributed by atoms with Crippen molar-refractivity contribution in [2.75, 3.05) is 36.1 Å². The molecule has 0 saturated carbocycles. The van der Waals surface area contributed by atoms with Gasteiger partial charge in [0.1, 0.15) is 0 Å². The molecular weight excluding hydrogens is 302 g/mol. The molecule has 4 N–H and O–H groups in total. The van der Waals surface area contributed by atoms with Crippen LogP contribution in [0.2, 0.25) is 0 Å². The second-order valence-corrected chi connectivity index (χ2v) is 5.05. The third kappa shape index (κ3) is 4.02. The van der Waals surface area contributed by atoms with Gasteiger partial charge in [-0.15, -0.1) is 5.06 Å². The number of nitrogens with two attached hydrogens (primary N) is 1. The third-order valence-corrected chi connectivity index (χ3v) is 3.56. The Labute approximate surface area is 133 Å². The topological polar surface area (TPSA) is 123 Å². The zero-order chi connectivity index (χ0) is 17.0. The summed E-state index contributed by atoms with van der Waals surface area (Å²) in [6, 6.07) is 6.83. The summed E-state index contributed by atoms with van der Waals surface area (Å²) in [7, 11) is 0. The fraction of sp³-hybridized carbons (Fsp3) is 0.357. The Hall–Kier alpha value is -2.97. The van der Waals surface area contributed by atoms with Crippen LogP contribution in [0.4, 0.5) is 16.2 Å². The van der Waals surface area contributed by atoms with Gasteiger partial charge in [-0.3, -0.25) is 15.0 Å². The number of anilines is 2. The van der Waals surface area contributed by atoms with E-state index >= 15 is 0 Å². The van der Waals surface area contributed by atoms with Crippen molar-refractivity contribution in [2.45, 2.75) is 6.92 Å². The quantitative estimate of drug-likeness (QED) is 0.415. The van der Waals surface area contributed by atoms with Gasteiger partial charge in [0.15, 0.2) is 0 Å². The number of hydroxylamine groups is 1. The van der Waals surface area contributed by atoms with Crippen molar-refractivity contribution < 1.29 is 19.5 Å². The monoisotopic (exact) mass is 321 g/mol. The number of nitrogens with one attached hydrogen (secondary N) is 1. The molecule has 0 aromatic heterocycles. The second kappa shape index (κ2) is 6.86. The molecule has 0 aliphatic carbocycles. The Bertz CT molecular complexity index is 596. The van der Waals surface area contributed by atoms with Gasteiger partial charge in [-0.05, 0) is 24.3 Å². The van der Waals surface area contributed by atoms with Crippen LogP contribution in [-0.2, 0) is 9.63 Å². The normalized spacial score (nSPS) is 14.3. The van der Waals surface area contributed by atoms with E-state index in [1.807, 2.05) is 0 Å². The molecule has 0 bridgehead atoms. The minimum Gasteiger partial charge on any atom is -0.448 e. The number of carbonyl (C=O) groups is 2. The second-order valence-electron chi connectivity index (χ2n) is 5.05. The Kier molecular flexibility index (Phi) is 4.89. The molecule has 1 heterocycles. The summed E-state index contributed by atoms with van der Waals surface area (Å²) < 4.78 is 0. The number of carboxylic acid groups (broad SMARTS) is 1. The van der Waals surface area contributed by atoms with Crippen molar-refractivity contribution in [3.63, 3.8) is 0 Å². The van der Waals surface area contributed by atoms with Crippen molar-refractivity contribution in [3.05, 3.63) is 24.3 Å². The molecule has 9 nitrogen and oxygen atoms in total. The van der Waals surface area contributed by atoms with Gasteiger partial charge in [0.2, 0.25) is 11.9 Å². The highest BCUT2D eigenvalue weighted by Gasteiger charge is 2.20. The van der Waals surface area contributed by atoms with E-state index in [2.05, 4.69) is 9.74 Å². The highest BCUT2D eigenvalue weighted by molar-refractivity contribution is 5.92. The molecule has 1 aromatic rings. The molecule has 1 aromatic carbocycles. The van der Waals surface area contributed by atoms with Gasteiger partial charge in [0.25, 0.3) is 0 Å². The largest absolute Gasteiger partial charge is 0.531 e. The number of hydrogen-bond donors (Lipinski definition) is 3. The average molecular weight is 321 g/mol. The minimum absolute atomic E-state index is 0.0721. The van der Waals surface area contributed by atoms with Crippen LogP contribution in [0.25, 0.3) is 0 Å². The van der Waals surface area contributed by atoms with Crippen molar-refractivity contribution in [2.24, 2.45) is 5.73 Å². The van der Waals surface area contributed by atoms with E-state index in [0.29, 0.717) is 18.8 Å². The zero-order valence-electron chi connectivity index (χ0n) is 12.7. The third-order valence-electron chi connectivity index (χ3n) is 3.56. The van der Waals surface area contributed by atoms with Gasteiger partial charge in [-0.25, -0.2) is 4.79 Å². The van der Waals surface area contributed by atoms with E-state index in [-0.39, 0.29) is 5.91 Å². The molecule has 1 amide bonds. The van der Waals surface area contributed by atoms with Crippen molar-refractivity contribution in [3.8, 4) is 0 Å². The molecule has 1 aliphatic rings. The first-order valence-corrected chi connectivity index (χ1v) is 7.04. The molecule has 2 rings (SSSR count). The van der Waals surface area contributed by atoms with Crippen LogP contribution in [0.5, 0.6) is 0 Å². The first kappa shape index (κ1) is 16.4. The van der Waals surface area contributed by atoms with Gasteiger partial charge in [0.05, 0.1) is 5.69 Å². The number of carbonyl (C=O) groups excluding carboxylic acids is 1. The van der Waals surface area contributed by atoms with Crippen LogP contribution < -0.4 is 15.7 Å². The summed E-state index contributed by atoms with van der Waals surface area (Å²) in [6.45, 7) is 4.34. The summed E-state index contributed by atoms with van der Waals surface area (Å²) in [5, 5.41) is 16.7. The highest BCUT2D eigenvalue weighted by atomic mass is 16.8. The van der Waals surface area contributed by atoms with E-state index in [4.69, 9.17) is 16.2 Å². The van der Waals surface area contributed by atoms with E-state index in [9.17, 15) is 9.59 Å². The Morgan fingerprint density at radius 1 is 1.22 bits per heavy atom. The Morgan fingerprint density at radius 3 is 2.22 bits per heavy atom. The number of rotatable bonds is 2. The van der Waals surface area contributed by atoms with Crippen LogP contribution in [-0.4, -0.2) is 54.2 Å². The van der Waals surface area contributed by atoms with Crippen LogP contribution in [0.3, 0.4) is 0 Å². The van der Waals surface area contributed by atoms with Crippen LogP contribution >= 0.6 is 0 Å². The van der Waals surface area contributed by atoms with Crippen LogP contribution in [0, 0.1) is 5.41 Å². The average Bonchev–Trinajstić information content (AvgIpc) is 2.52. The molecule has 1 fully saturated rings. The number of nitrogens with zero attached hydrogens (tertiary/aromatic N) is 3. The molecule has 0 atom stereocenters. The lowest BCUT2D eigenvalue weighted by molar-refractivity contribution is -0.129. The summed E-state index contributed by atoms with van der Waals surface area (Å²) in [5.74, 6) is -0.460. The van der Waals surface area contributed by atoms with Crippen molar-refractivity contribution in [1.29, 1.82) is 5.41 Å². The first-order chi connectivity index (χ1) is 10.9. The number of hydrogen-bond acceptors (Lipinski definition) is 5. The molecule has 23 heavy (non-hydrogen) atoms. The smallest absolute Gasteiger partial charge is 0.448 e. The molecule has 0 radical (unpaired) electrons. The Balaban J connectivity index is 2.06. The van der Waals surface area contributed by atoms with E-state index in [1.165, 1.54) is 0 Å². The SMILES string of the molecule is CC(=O)N1CCN(c2ccc(N(OC(=O)O)C(=N)N)cc2)CC1. The number of guanidine groups is 1. The maximum Gasteiger partial charge on any atom is 0.531 e. The van der Waals surface area contributed by atoms with Gasteiger partial charge >= 0.3 is 6.16 Å². The fourth-order valence-corrected chi connectivity index (χ4v) is 2.40. The molecule has 0 spiro atoms. The number of benzene rings is 1. The van der Waals surface area contributed by atoms with Crippen molar-refractivity contribution in [1.82, 2.24) is 4.90 Å². The highest BCUT2D eigenvalue weighted by Crippen LogP contribution is 2.22. The summed E-state index contributed by atoms with van der Waals surface area (Å²) in [6.07, 6.45) is -1.55. The van der Waals surface area contributed by atoms with E-state index in [1.54, 1.807) is 36.1 Å². The molecule has 1 aliphatic heterocycles. The lowest BCUT2D eigenvalue weighted by atomic mass is 10.2. The molecular formula is C14H19N5O4. The first-order valence-electron chi connectivity index (χ1n) is 7.04. The van der Waals surface area contributed by atoms with Gasteiger partial charge < -0.3 is 20.6 Å². The molecule has 9 heteroatoms. The fourth-order valence-electron chi connectivity index (χ4n) is 2.40. The van der Waals surface area contributed by atoms with Crippen LogP contribution in [0.1, 0.15) is 6.92 Å². The maximum atomic E-state index is 11.3. The Morgan fingerprint density at radius 2 is 1.78 bits per heavy atom. The predicted octanol–water partition coefficient (Wildman–Crippen LogP) is 0.665. The molecule has 0 unspecified atom stereocenters. The molecule has 1 saturated heterocycles. The zero-order valence-corrected chi connectivity index (χ0v) is 12.7.